The smallest absolute Gasteiger partial charge is 0.181 e. The summed E-state index contributed by atoms with van der Waals surface area (Å²) in [6.07, 6.45) is 1.32. The topological polar surface area (TPSA) is 33.5 Å². The number of hydrogen-bond acceptors (Lipinski definition) is 4. The lowest BCUT2D eigenvalue weighted by molar-refractivity contribution is 0.485. The van der Waals surface area contributed by atoms with Gasteiger partial charge in [0.2, 0.25) is 0 Å². The van der Waals surface area contributed by atoms with Crippen molar-refractivity contribution in [2.24, 2.45) is 0 Å². The van der Waals surface area contributed by atoms with Gasteiger partial charge in [-0.1, -0.05) is 230 Å². The van der Waals surface area contributed by atoms with E-state index in [0.717, 1.165) is 82.4 Å². The molecule has 0 saturated heterocycles. The third-order valence-corrected chi connectivity index (χ3v) is 20.5. The first-order valence-corrected chi connectivity index (χ1v) is 28.2. The number of nitrogens with zero attached hydrogens (tertiary/aromatic N) is 4. The van der Waals surface area contributed by atoms with Gasteiger partial charge in [-0.05, 0) is 91.8 Å². The lowest BCUT2D eigenvalue weighted by Crippen LogP contribution is -2.73. The highest BCUT2D eigenvalue weighted by atomic mass is 28.3. The first kappa shape index (κ1) is 36.1. The fourth-order valence-electron chi connectivity index (χ4n) is 12.4. The van der Waals surface area contributed by atoms with Gasteiger partial charge in [0, 0.05) is 61.2 Å². The van der Waals surface area contributed by atoms with Gasteiger partial charge in [-0.2, -0.15) is 0 Å². The lowest BCUT2D eigenvalue weighted by atomic mass is 9.95. The molecule has 2 aliphatic heterocycles. The van der Waals surface area contributed by atoms with Gasteiger partial charge in [0.25, 0.3) is 0 Å². The van der Waals surface area contributed by atoms with Crippen molar-refractivity contribution in [3.63, 3.8) is 0 Å². The molecule has 0 spiro atoms. The first-order chi connectivity index (χ1) is 43.6. The summed E-state index contributed by atoms with van der Waals surface area (Å²) in [5.41, 5.74) is 9.81. The molecule has 2 aliphatic rings. The molecule has 13 aromatic rings. The van der Waals surface area contributed by atoms with E-state index < -0.39 is 45.1 Å². The maximum atomic E-state index is 8.97. The number of hydrogen-bond donors (Lipinski definition) is 0. The molecule has 79 heavy (non-hydrogen) atoms. The van der Waals surface area contributed by atoms with Gasteiger partial charge in [-0.25, -0.2) is 4.98 Å². The average molecular weight is 1040 g/mol. The number of anilines is 4. The van der Waals surface area contributed by atoms with E-state index in [0.29, 0.717) is 29.2 Å². The number of aryl methyl sites for hydroxylation is 1. The van der Waals surface area contributed by atoms with Crippen LogP contribution in [-0.4, -0.2) is 24.3 Å². The van der Waals surface area contributed by atoms with Crippen LogP contribution in [0.3, 0.4) is 0 Å². The van der Waals surface area contributed by atoms with E-state index in [1.165, 1.54) is 17.4 Å². The minimum absolute atomic E-state index is 0.0277. The van der Waals surface area contributed by atoms with Crippen LogP contribution >= 0.6 is 0 Å². The Morgan fingerprint density at radius 3 is 1.87 bits per heavy atom. The molecule has 0 radical (unpaired) electrons. The van der Waals surface area contributed by atoms with Crippen LogP contribution in [0.4, 0.5) is 22.7 Å². The summed E-state index contributed by atoms with van der Waals surface area (Å²) >= 11 is 0. The van der Waals surface area contributed by atoms with Crippen molar-refractivity contribution in [1.82, 2.24) is 9.55 Å². The maximum Gasteiger partial charge on any atom is 0.181 e. The molecule has 0 aliphatic carbocycles. The van der Waals surface area contributed by atoms with E-state index in [9.17, 15) is 0 Å². The molecule has 11 aromatic carbocycles. The minimum atomic E-state index is -3.39. The Kier molecular flexibility index (Phi) is 8.64. The van der Waals surface area contributed by atoms with Crippen LogP contribution in [0.2, 0.25) is 0 Å². The SMILES string of the molecule is [2H]c1cc(-c2cccc(-c3ccccc3)c2N2CN(c3cccc(Oc4cc5c(c6c4-c4ccccc4[Si]6(c4ccccc4)c4ccccc4)c4ccccc4n5-c4cc(C([2H])([2H])[2H])c(-c5c([2H])c([2H])c([2H])c([2H])c5[2H])cn4)c3)c3ccccc32)cc([2H])c1[2H]. The molecule has 0 amide bonds. The Morgan fingerprint density at radius 2 is 1.13 bits per heavy atom. The van der Waals surface area contributed by atoms with Crippen molar-refractivity contribution >= 4 is 73.4 Å². The first-order valence-electron chi connectivity index (χ1n) is 31.7. The highest BCUT2D eigenvalue weighted by molar-refractivity contribution is 7.23. The molecule has 374 valence electrons. The summed E-state index contributed by atoms with van der Waals surface area (Å²) < 4.78 is 105. The number of para-hydroxylation sites is 4. The third kappa shape index (κ3) is 7.40. The van der Waals surface area contributed by atoms with Gasteiger partial charge in [0.05, 0.1) is 39.1 Å². The van der Waals surface area contributed by atoms with Crippen molar-refractivity contribution in [2.75, 3.05) is 16.5 Å². The van der Waals surface area contributed by atoms with Crippen molar-refractivity contribution in [3.05, 3.63) is 291 Å². The largest absolute Gasteiger partial charge is 0.457 e. The van der Waals surface area contributed by atoms with Gasteiger partial charge >= 0.3 is 0 Å². The molecule has 0 saturated carbocycles. The molecule has 0 atom stereocenters. The van der Waals surface area contributed by atoms with Crippen LogP contribution in [0.25, 0.3) is 72.1 Å². The zero-order valence-corrected chi connectivity index (χ0v) is 43.4. The maximum absolute atomic E-state index is 8.97. The average Bonchev–Trinajstić information content (AvgIpc) is 1.51. The minimum Gasteiger partial charge on any atom is -0.457 e. The van der Waals surface area contributed by atoms with Crippen LogP contribution in [0.5, 0.6) is 11.5 Å². The van der Waals surface area contributed by atoms with E-state index >= 15 is 0 Å². The molecule has 2 aromatic heterocycles. The quantitative estimate of drug-likeness (QED) is 0.128. The van der Waals surface area contributed by atoms with Crippen LogP contribution in [0.1, 0.15) is 20.6 Å². The zero-order valence-electron chi connectivity index (χ0n) is 53.4. The van der Waals surface area contributed by atoms with Gasteiger partial charge in [-0.15, -0.1) is 0 Å². The van der Waals surface area contributed by atoms with Gasteiger partial charge < -0.3 is 14.5 Å². The molecule has 15 rings (SSSR count). The Morgan fingerprint density at radius 1 is 0.506 bits per heavy atom. The van der Waals surface area contributed by atoms with Gasteiger partial charge in [0.1, 0.15) is 24.0 Å². The monoisotopic (exact) mass is 1040 g/mol. The van der Waals surface area contributed by atoms with Crippen molar-refractivity contribution in [2.45, 2.75) is 6.85 Å². The van der Waals surface area contributed by atoms with Crippen molar-refractivity contribution < 1.29 is 19.8 Å². The summed E-state index contributed by atoms with van der Waals surface area (Å²) in [4.78, 5) is 9.53. The summed E-state index contributed by atoms with van der Waals surface area (Å²) in [7, 11) is -3.39. The highest BCUT2D eigenvalue weighted by Crippen LogP contribution is 2.51. The van der Waals surface area contributed by atoms with E-state index in [4.69, 9.17) is 24.8 Å². The fraction of sp³-hybridized carbons (Fsp3) is 0.0274. The number of ether oxygens (including phenoxy) is 1. The van der Waals surface area contributed by atoms with Gasteiger partial charge in [-0.3, -0.25) is 4.57 Å². The van der Waals surface area contributed by atoms with Crippen LogP contribution < -0.4 is 35.3 Å². The molecule has 0 unspecified atom stereocenters. The Hall–Kier alpha value is -10.0. The Balaban J connectivity index is 0.956. The standard InChI is InChI=1S/C73H52N4OSi/c1-50-45-69(74-48-62(50)53-29-11-4-12-30-53)77-63-41-19-17-37-60(63)70-66(77)47-67(71-61-38-18-22-44-68(61)79(73(70)71,56-33-13-5-14-34-56)57-35-15-6-16-36-57)78-55-32-23-31-54(46-55)75-49-76(65-43-21-20-42-64(65)75)72-58(51-25-7-2-8-26-51)39-24-40-59(72)52-27-9-3-10-28-52/h2-48H,49H2,1H3/i1D3,2D,4D,7D,8D,11D,12D,29D,30D. The molecule has 0 bridgehead atoms. The number of benzene rings is 11. The number of fused-ring (bicyclic) bond motifs is 8. The third-order valence-electron chi connectivity index (χ3n) is 15.6. The summed E-state index contributed by atoms with van der Waals surface area (Å²) in [5.74, 6) is 1.33. The second-order valence-electron chi connectivity index (χ2n) is 19.8. The van der Waals surface area contributed by atoms with Crippen molar-refractivity contribution in [3.8, 4) is 61.8 Å². The molecular formula is C73H52N4OSi. The van der Waals surface area contributed by atoms with Crippen LogP contribution in [0.15, 0.2) is 285 Å². The van der Waals surface area contributed by atoms with E-state index in [-0.39, 0.29) is 40.6 Å². The Bertz CT molecular complexity index is 4990. The molecule has 5 nitrogen and oxygen atoms in total. The Labute approximate surface area is 476 Å². The molecule has 4 heterocycles. The van der Waals surface area contributed by atoms with E-state index in [2.05, 4.69) is 125 Å². The second kappa shape index (κ2) is 18.9. The van der Waals surface area contributed by atoms with Gasteiger partial charge in [0.15, 0.2) is 8.07 Å². The van der Waals surface area contributed by atoms with Crippen LogP contribution in [-0.2, 0) is 0 Å². The summed E-state index contributed by atoms with van der Waals surface area (Å²) in [5, 5.41) is 6.37. The van der Waals surface area contributed by atoms with Crippen molar-refractivity contribution in [1.29, 1.82) is 0 Å². The second-order valence-corrected chi connectivity index (χ2v) is 23.5. The van der Waals surface area contributed by atoms with E-state index in [1.807, 2.05) is 102 Å². The number of pyridine rings is 1. The predicted octanol–water partition coefficient (Wildman–Crippen LogP) is 15.9. The molecule has 6 heteroatoms. The number of aromatic nitrogens is 2. The number of rotatable bonds is 10. The summed E-state index contributed by atoms with van der Waals surface area (Å²) in [6.45, 7) is -2.46. The molecule has 0 fully saturated rings. The lowest BCUT2D eigenvalue weighted by Gasteiger charge is -2.32. The zero-order chi connectivity index (χ0) is 61.9. The van der Waals surface area contributed by atoms with E-state index in [1.54, 1.807) is 12.1 Å². The highest BCUT2D eigenvalue weighted by Gasteiger charge is 2.51. The summed E-state index contributed by atoms with van der Waals surface area (Å²) in [6, 6.07) is 74.3. The molecule has 0 N–H and O–H groups in total. The normalized spacial score (nSPS) is 15.3. The molecular weight excluding hydrogens is 977 g/mol. The van der Waals surface area contributed by atoms with Crippen LogP contribution in [0, 0.1) is 6.85 Å². The fourth-order valence-corrected chi connectivity index (χ4v) is 17.8. The predicted molar refractivity (Wildman–Crippen MR) is 331 cm³/mol.